The van der Waals surface area contributed by atoms with Crippen LogP contribution in [-0.4, -0.2) is 13.1 Å². The van der Waals surface area contributed by atoms with Crippen LogP contribution in [0.1, 0.15) is 43.2 Å². The van der Waals surface area contributed by atoms with E-state index in [2.05, 4.69) is 12.2 Å². The summed E-state index contributed by atoms with van der Waals surface area (Å²) in [6, 6.07) is 6.01. The lowest BCUT2D eigenvalue weighted by Crippen LogP contribution is -2.35. The van der Waals surface area contributed by atoms with E-state index in [1.54, 1.807) is 12.1 Å². The Morgan fingerprint density at radius 2 is 1.95 bits per heavy atom. The van der Waals surface area contributed by atoms with Gasteiger partial charge in [0, 0.05) is 0 Å². The molecule has 1 aromatic rings. The molecule has 0 saturated heterocycles. The molecule has 0 radical (unpaired) electrons. The first kappa shape index (κ1) is 14.4. The van der Waals surface area contributed by atoms with Crippen LogP contribution < -0.4 is 5.32 Å². The Balaban J connectivity index is 2.10. The third-order valence-corrected chi connectivity index (χ3v) is 3.92. The second kappa shape index (κ2) is 5.95. The molecule has 1 saturated carbocycles. The molecule has 106 valence electrons. The highest BCUT2D eigenvalue weighted by Gasteiger charge is 2.39. The summed E-state index contributed by atoms with van der Waals surface area (Å²) in [4.78, 5) is 0. The number of halogens is 3. The van der Waals surface area contributed by atoms with E-state index in [0.717, 1.165) is 32.4 Å². The van der Waals surface area contributed by atoms with E-state index in [1.165, 1.54) is 12.1 Å². The van der Waals surface area contributed by atoms with Gasteiger partial charge in [-0.1, -0.05) is 25.1 Å². The number of benzene rings is 1. The lowest BCUT2D eigenvalue weighted by molar-refractivity contribution is -0.138. The van der Waals surface area contributed by atoms with Crippen molar-refractivity contribution in [2.75, 3.05) is 13.1 Å². The highest BCUT2D eigenvalue weighted by molar-refractivity contribution is 5.34. The van der Waals surface area contributed by atoms with Gasteiger partial charge in [0.1, 0.15) is 0 Å². The van der Waals surface area contributed by atoms with E-state index in [0.29, 0.717) is 11.5 Å². The van der Waals surface area contributed by atoms with Crippen molar-refractivity contribution in [2.24, 2.45) is 5.92 Å². The Hall–Kier alpha value is -1.03. The van der Waals surface area contributed by atoms with Gasteiger partial charge in [-0.3, -0.25) is 0 Å². The van der Waals surface area contributed by atoms with Crippen molar-refractivity contribution < 1.29 is 13.2 Å². The third-order valence-electron chi connectivity index (χ3n) is 3.92. The molecule has 0 heterocycles. The van der Waals surface area contributed by atoms with Crippen molar-refractivity contribution >= 4 is 0 Å². The predicted octanol–water partition coefficient (Wildman–Crippen LogP) is 4.20. The molecule has 0 bridgehead atoms. The van der Waals surface area contributed by atoms with Crippen molar-refractivity contribution in [3.63, 3.8) is 0 Å². The maximum absolute atomic E-state index is 13.0. The molecule has 19 heavy (non-hydrogen) atoms. The van der Waals surface area contributed by atoms with Gasteiger partial charge in [-0.05, 0) is 55.8 Å². The molecule has 2 rings (SSSR count). The van der Waals surface area contributed by atoms with E-state index in [-0.39, 0.29) is 5.92 Å². The van der Waals surface area contributed by atoms with Gasteiger partial charge >= 0.3 is 6.18 Å². The van der Waals surface area contributed by atoms with Crippen LogP contribution in [0.3, 0.4) is 0 Å². The molecule has 1 nitrogen and oxygen atoms in total. The molecule has 4 heteroatoms. The first-order valence-electron chi connectivity index (χ1n) is 6.91. The van der Waals surface area contributed by atoms with E-state index in [1.807, 2.05) is 0 Å². The van der Waals surface area contributed by atoms with Crippen LogP contribution in [0, 0.1) is 5.92 Å². The molecule has 0 aromatic heterocycles. The molecule has 1 aromatic carbocycles. The number of nitrogens with one attached hydrogen (secondary N) is 1. The van der Waals surface area contributed by atoms with E-state index < -0.39 is 11.7 Å². The standard InChI is InChI=1S/C15H20F3N/c1-2-9-19-10-11-7-8-12(11)13-5-3-4-6-14(13)15(16,17)18/h3-6,11-12,19H,2,7-10H2,1H3. The Kier molecular flexibility index (Phi) is 4.50. The summed E-state index contributed by atoms with van der Waals surface area (Å²) in [5, 5.41) is 3.31. The highest BCUT2D eigenvalue weighted by Crippen LogP contribution is 2.46. The molecule has 1 aliphatic rings. The summed E-state index contributed by atoms with van der Waals surface area (Å²) in [6.07, 6.45) is -1.30. The van der Waals surface area contributed by atoms with E-state index in [9.17, 15) is 13.2 Å². The van der Waals surface area contributed by atoms with Crippen LogP contribution in [-0.2, 0) is 6.18 Å². The first-order chi connectivity index (χ1) is 9.04. The van der Waals surface area contributed by atoms with Crippen molar-refractivity contribution in [3.8, 4) is 0 Å². The fourth-order valence-electron chi connectivity index (χ4n) is 2.77. The van der Waals surface area contributed by atoms with Gasteiger partial charge in [0.15, 0.2) is 0 Å². The molecule has 1 N–H and O–H groups in total. The summed E-state index contributed by atoms with van der Waals surface area (Å²) in [5.74, 6) is 0.400. The molecule has 0 aliphatic heterocycles. The van der Waals surface area contributed by atoms with Gasteiger partial charge in [0.25, 0.3) is 0 Å². The zero-order valence-electron chi connectivity index (χ0n) is 11.1. The van der Waals surface area contributed by atoms with Gasteiger partial charge in [0.2, 0.25) is 0 Å². The minimum atomic E-state index is -4.24. The summed E-state index contributed by atoms with van der Waals surface area (Å²) in [6.45, 7) is 3.85. The molecular weight excluding hydrogens is 251 g/mol. The fourth-order valence-corrected chi connectivity index (χ4v) is 2.77. The van der Waals surface area contributed by atoms with Gasteiger partial charge in [-0.15, -0.1) is 0 Å². The van der Waals surface area contributed by atoms with Gasteiger partial charge in [0.05, 0.1) is 5.56 Å². The summed E-state index contributed by atoms with van der Waals surface area (Å²) in [7, 11) is 0. The van der Waals surface area contributed by atoms with Crippen LogP contribution in [0.5, 0.6) is 0 Å². The number of alkyl halides is 3. The van der Waals surface area contributed by atoms with Gasteiger partial charge < -0.3 is 5.32 Å². The highest BCUT2D eigenvalue weighted by atomic mass is 19.4. The van der Waals surface area contributed by atoms with Crippen molar-refractivity contribution in [3.05, 3.63) is 35.4 Å². The quantitative estimate of drug-likeness (QED) is 0.791. The Labute approximate surface area is 112 Å². The Bertz CT molecular complexity index is 414. The molecule has 2 unspecified atom stereocenters. The number of hydrogen-bond acceptors (Lipinski definition) is 1. The largest absolute Gasteiger partial charge is 0.416 e. The number of hydrogen-bond donors (Lipinski definition) is 1. The Morgan fingerprint density at radius 1 is 1.21 bits per heavy atom. The van der Waals surface area contributed by atoms with Crippen molar-refractivity contribution in [2.45, 2.75) is 38.3 Å². The SMILES string of the molecule is CCCNCC1CCC1c1ccccc1C(F)(F)F. The van der Waals surface area contributed by atoms with Gasteiger partial charge in [-0.25, -0.2) is 0 Å². The van der Waals surface area contributed by atoms with Crippen LogP contribution in [0.15, 0.2) is 24.3 Å². The molecule has 0 amide bonds. The molecule has 0 spiro atoms. The zero-order chi connectivity index (χ0) is 13.9. The third kappa shape index (κ3) is 3.30. The van der Waals surface area contributed by atoms with Gasteiger partial charge in [-0.2, -0.15) is 13.2 Å². The van der Waals surface area contributed by atoms with Crippen molar-refractivity contribution in [1.29, 1.82) is 0 Å². The summed E-state index contributed by atoms with van der Waals surface area (Å²) >= 11 is 0. The summed E-state index contributed by atoms with van der Waals surface area (Å²) < 4.78 is 39.0. The van der Waals surface area contributed by atoms with Crippen LogP contribution in [0.4, 0.5) is 13.2 Å². The molecule has 1 fully saturated rings. The van der Waals surface area contributed by atoms with E-state index >= 15 is 0 Å². The van der Waals surface area contributed by atoms with Crippen molar-refractivity contribution in [1.82, 2.24) is 5.32 Å². The normalized spacial score (nSPS) is 23.2. The second-order valence-electron chi connectivity index (χ2n) is 5.23. The molecule has 1 aliphatic carbocycles. The first-order valence-corrected chi connectivity index (χ1v) is 6.91. The maximum Gasteiger partial charge on any atom is 0.416 e. The van der Waals surface area contributed by atoms with Crippen LogP contribution in [0.25, 0.3) is 0 Å². The van der Waals surface area contributed by atoms with E-state index in [4.69, 9.17) is 0 Å². The monoisotopic (exact) mass is 271 g/mol. The average molecular weight is 271 g/mol. The second-order valence-corrected chi connectivity index (χ2v) is 5.23. The zero-order valence-corrected chi connectivity index (χ0v) is 11.1. The number of rotatable bonds is 5. The van der Waals surface area contributed by atoms with Crippen LogP contribution in [0.2, 0.25) is 0 Å². The molecular formula is C15H20F3N. The lowest BCUT2D eigenvalue weighted by atomic mass is 9.69. The minimum absolute atomic E-state index is 0.0576. The predicted molar refractivity (Wildman–Crippen MR) is 70.1 cm³/mol. The van der Waals surface area contributed by atoms with Crippen LogP contribution >= 0.6 is 0 Å². The molecule has 2 atom stereocenters. The lowest BCUT2D eigenvalue weighted by Gasteiger charge is -2.38. The fraction of sp³-hybridized carbons (Fsp3) is 0.600. The maximum atomic E-state index is 13.0. The summed E-state index contributed by atoms with van der Waals surface area (Å²) in [5.41, 5.74) is 0.0183. The minimum Gasteiger partial charge on any atom is -0.316 e. The Morgan fingerprint density at radius 3 is 2.53 bits per heavy atom. The average Bonchev–Trinajstić information content (AvgIpc) is 2.32. The smallest absolute Gasteiger partial charge is 0.316 e. The topological polar surface area (TPSA) is 12.0 Å².